The zero-order valence-electron chi connectivity index (χ0n) is 12.1. The number of carboxylic acids is 1. The van der Waals surface area contributed by atoms with Crippen LogP contribution >= 0.6 is 15.9 Å². The van der Waals surface area contributed by atoms with E-state index in [4.69, 9.17) is 4.42 Å². The molecular weight excluding hydrogens is 356 g/mol. The molecule has 1 heterocycles. The second-order valence-electron chi connectivity index (χ2n) is 5.60. The molecule has 0 radical (unpaired) electrons. The van der Waals surface area contributed by atoms with Crippen LogP contribution in [0.2, 0.25) is 0 Å². The van der Waals surface area contributed by atoms with Crippen LogP contribution < -0.4 is 0 Å². The number of benzene rings is 2. The van der Waals surface area contributed by atoms with Gasteiger partial charge in [0.2, 0.25) is 0 Å². The summed E-state index contributed by atoms with van der Waals surface area (Å²) in [6.07, 6.45) is 4.35. The van der Waals surface area contributed by atoms with Crippen LogP contribution in [0.5, 0.6) is 0 Å². The number of carbonyl (C=O) groups is 1. The molecule has 1 unspecified atom stereocenters. The van der Waals surface area contributed by atoms with Crippen LogP contribution in [0.3, 0.4) is 0 Å². The van der Waals surface area contributed by atoms with Crippen LogP contribution in [0.25, 0.3) is 21.9 Å². The van der Waals surface area contributed by atoms with Crippen molar-refractivity contribution in [2.45, 2.75) is 12.3 Å². The van der Waals surface area contributed by atoms with Gasteiger partial charge in [0.1, 0.15) is 11.2 Å². The first-order valence-corrected chi connectivity index (χ1v) is 8.15. The highest BCUT2D eigenvalue weighted by molar-refractivity contribution is 9.11. The lowest BCUT2D eigenvalue weighted by Gasteiger charge is -2.21. The van der Waals surface area contributed by atoms with Gasteiger partial charge in [0.15, 0.2) is 0 Å². The number of allylic oxidation sites excluding steroid dienone is 3. The van der Waals surface area contributed by atoms with Gasteiger partial charge in [-0.05, 0) is 30.2 Å². The van der Waals surface area contributed by atoms with Crippen molar-refractivity contribution < 1.29 is 14.3 Å². The lowest BCUT2D eigenvalue weighted by atomic mass is 9.83. The fourth-order valence-corrected chi connectivity index (χ4v) is 3.70. The molecule has 0 aliphatic heterocycles. The quantitative estimate of drug-likeness (QED) is 0.661. The zero-order valence-corrected chi connectivity index (χ0v) is 13.7. The average Bonchev–Trinajstić information content (AvgIpc) is 2.93. The fraction of sp³-hybridized carbons (Fsp3) is 0.105. The molecule has 1 aliphatic rings. The Labute approximate surface area is 141 Å². The van der Waals surface area contributed by atoms with Gasteiger partial charge in [-0.15, -0.1) is 0 Å². The highest BCUT2D eigenvalue weighted by Crippen LogP contribution is 2.41. The van der Waals surface area contributed by atoms with Gasteiger partial charge in [0.25, 0.3) is 0 Å². The van der Waals surface area contributed by atoms with Crippen molar-refractivity contribution in [2.24, 2.45) is 0 Å². The largest absolute Gasteiger partial charge is 0.478 e. The fourth-order valence-electron chi connectivity index (χ4n) is 3.26. The minimum absolute atomic E-state index is 0.182. The van der Waals surface area contributed by atoms with E-state index in [0.717, 1.165) is 32.0 Å². The predicted molar refractivity (Wildman–Crippen MR) is 93.8 cm³/mol. The highest BCUT2D eigenvalue weighted by Gasteiger charge is 2.27. The van der Waals surface area contributed by atoms with Crippen molar-refractivity contribution in [1.29, 1.82) is 0 Å². The van der Waals surface area contributed by atoms with Gasteiger partial charge in [-0.2, -0.15) is 0 Å². The van der Waals surface area contributed by atoms with E-state index in [9.17, 15) is 9.90 Å². The molecule has 1 aliphatic carbocycles. The van der Waals surface area contributed by atoms with Crippen molar-refractivity contribution in [3.05, 3.63) is 70.2 Å². The first-order chi connectivity index (χ1) is 11.1. The number of furan rings is 1. The third-order valence-corrected chi connectivity index (χ3v) is 4.83. The molecule has 0 fully saturated rings. The molecule has 4 rings (SSSR count). The smallest absolute Gasteiger partial charge is 0.332 e. The van der Waals surface area contributed by atoms with Crippen molar-refractivity contribution in [3.8, 4) is 0 Å². The van der Waals surface area contributed by atoms with Crippen molar-refractivity contribution in [2.75, 3.05) is 0 Å². The first-order valence-electron chi connectivity index (χ1n) is 7.36. The SMILES string of the molecule is O=C(O)C1=CC(Br)=CCC1c1cccc2oc3ccccc3c12. The first kappa shape index (κ1) is 14.3. The number of fused-ring (bicyclic) bond motifs is 3. The van der Waals surface area contributed by atoms with Gasteiger partial charge < -0.3 is 9.52 Å². The summed E-state index contributed by atoms with van der Waals surface area (Å²) in [7, 11) is 0. The number of para-hydroxylation sites is 1. The normalized spacial score (nSPS) is 18.0. The van der Waals surface area contributed by atoms with E-state index in [0.29, 0.717) is 12.0 Å². The van der Waals surface area contributed by atoms with E-state index in [2.05, 4.69) is 15.9 Å². The second kappa shape index (κ2) is 5.39. The average molecular weight is 369 g/mol. The third-order valence-electron chi connectivity index (χ3n) is 4.27. The molecule has 3 nitrogen and oxygen atoms in total. The Morgan fingerprint density at radius 1 is 1.13 bits per heavy atom. The van der Waals surface area contributed by atoms with Gasteiger partial charge in [0.05, 0.1) is 0 Å². The topological polar surface area (TPSA) is 50.4 Å². The maximum atomic E-state index is 11.7. The van der Waals surface area contributed by atoms with Gasteiger partial charge in [0, 0.05) is 26.7 Å². The Morgan fingerprint density at radius 2 is 1.91 bits per heavy atom. The summed E-state index contributed by atoms with van der Waals surface area (Å²) in [5, 5.41) is 11.6. The van der Waals surface area contributed by atoms with Gasteiger partial charge >= 0.3 is 5.97 Å². The van der Waals surface area contributed by atoms with Crippen molar-refractivity contribution >= 4 is 43.8 Å². The van der Waals surface area contributed by atoms with Crippen molar-refractivity contribution in [1.82, 2.24) is 0 Å². The second-order valence-corrected chi connectivity index (χ2v) is 6.52. The Hall–Kier alpha value is -2.33. The van der Waals surface area contributed by atoms with E-state index < -0.39 is 5.97 Å². The maximum absolute atomic E-state index is 11.7. The molecule has 3 aromatic rings. The summed E-state index contributed by atoms with van der Waals surface area (Å²) < 4.78 is 6.72. The number of carboxylic acid groups (broad SMARTS) is 1. The molecule has 1 atom stereocenters. The van der Waals surface area contributed by atoms with Crippen LogP contribution in [0, 0.1) is 0 Å². The van der Waals surface area contributed by atoms with Crippen LogP contribution in [-0.2, 0) is 4.79 Å². The van der Waals surface area contributed by atoms with E-state index in [1.807, 2.05) is 48.5 Å². The summed E-state index contributed by atoms with van der Waals surface area (Å²) in [5.74, 6) is -1.07. The summed E-state index contributed by atoms with van der Waals surface area (Å²) >= 11 is 3.38. The Balaban J connectivity index is 1.99. The standard InChI is InChI=1S/C19H13BrO3/c20-11-8-9-12(15(10-11)19(21)22)13-5-3-7-17-18(13)14-4-1-2-6-16(14)23-17/h1-8,10,12H,9H2,(H,21,22). The number of halogens is 1. The molecule has 1 aromatic heterocycles. The molecule has 0 saturated carbocycles. The van der Waals surface area contributed by atoms with E-state index in [-0.39, 0.29) is 5.92 Å². The van der Waals surface area contributed by atoms with Gasteiger partial charge in [-0.25, -0.2) is 4.79 Å². The highest BCUT2D eigenvalue weighted by atomic mass is 79.9. The van der Waals surface area contributed by atoms with Crippen LogP contribution in [0.4, 0.5) is 0 Å². The lowest BCUT2D eigenvalue weighted by molar-refractivity contribution is -0.133. The molecule has 0 amide bonds. The van der Waals surface area contributed by atoms with Crippen LogP contribution in [0.15, 0.2) is 69.1 Å². The Kier molecular flexibility index (Phi) is 3.34. The molecule has 1 N–H and O–H groups in total. The Bertz CT molecular complexity index is 994. The molecule has 0 bridgehead atoms. The summed E-state index contributed by atoms with van der Waals surface area (Å²) in [6, 6.07) is 13.7. The van der Waals surface area contributed by atoms with Crippen molar-refractivity contribution in [3.63, 3.8) is 0 Å². The third kappa shape index (κ3) is 2.30. The maximum Gasteiger partial charge on any atom is 0.332 e. The number of rotatable bonds is 2. The van der Waals surface area contributed by atoms with E-state index in [1.54, 1.807) is 6.08 Å². The van der Waals surface area contributed by atoms with Gasteiger partial charge in [-0.3, -0.25) is 0 Å². The minimum Gasteiger partial charge on any atom is -0.478 e. The molecule has 0 spiro atoms. The molecular formula is C19H13BrO3. The minimum atomic E-state index is -0.884. The molecule has 2 aromatic carbocycles. The summed E-state index contributed by atoms with van der Waals surface area (Å²) in [4.78, 5) is 11.7. The molecule has 0 saturated heterocycles. The molecule has 23 heavy (non-hydrogen) atoms. The van der Waals surface area contributed by atoms with Gasteiger partial charge in [-0.1, -0.05) is 52.3 Å². The Morgan fingerprint density at radius 3 is 2.74 bits per heavy atom. The molecule has 4 heteroatoms. The monoisotopic (exact) mass is 368 g/mol. The number of hydrogen-bond donors (Lipinski definition) is 1. The summed E-state index contributed by atoms with van der Waals surface area (Å²) in [6.45, 7) is 0. The van der Waals surface area contributed by atoms with Crippen LogP contribution in [0.1, 0.15) is 17.9 Å². The number of aliphatic carboxylic acids is 1. The van der Waals surface area contributed by atoms with E-state index >= 15 is 0 Å². The predicted octanol–water partition coefficient (Wildman–Crippen LogP) is 5.36. The number of hydrogen-bond acceptors (Lipinski definition) is 2. The lowest BCUT2D eigenvalue weighted by Crippen LogP contribution is -2.13. The zero-order chi connectivity index (χ0) is 16.0. The molecule has 114 valence electrons. The van der Waals surface area contributed by atoms with E-state index in [1.165, 1.54) is 0 Å². The summed E-state index contributed by atoms with van der Waals surface area (Å²) in [5.41, 5.74) is 3.01. The van der Waals surface area contributed by atoms with Crippen LogP contribution in [-0.4, -0.2) is 11.1 Å².